The molecule has 3 aromatic rings. The minimum absolute atomic E-state index is 0.209. The van der Waals surface area contributed by atoms with E-state index in [-0.39, 0.29) is 24.1 Å². The Balaban J connectivity index is 1.48. The molecule has 150 valence electrons. The van der Waals surface area contributed by atoms with Crippen molar-refractivity contribution in [2.24, 2.45) is 0 Å². The van der Waals surface area contributed by atoms with E-state index in [1.54, 1.807) is 35.4 Å². The molecule has 7 heteroatoms. The molecule has 2 aromatic heterocycles. The van der Waals surface area contributed by atoms with Gasteiger partial charge in [-0.2, -0.15) is 0 Å². The Morgan fingerprint density at radius 2 is 1.76 bits per heavy atom. The molecule has 1 aliphatic heterocycles. The largest absolute Gasteiger partial charge is 0.467 e. The molecule has 0 aliphatic carbocycles. The van der Waals surface area contributed by atoms with Gasteiger partial charge >= 0.3 is 0 Å². The molecule has 1 unspecified atom stereocenters. The molecule has 0 radical (unpaired) electrons. The van der Waals surface area contributed by atoms with Gasteiger partial charge in [0.1, 0.15) is 11.8 Å². The van der Waals surface area contributed by atoms with E-state index in [2.05, 4.69) is 22.3 Å². The zero-order valence-electron chi connectivity index (χ0n) is 16.0. The third-order valence-electron chi connectivity index (χ3n) is 5.03. The van der Waals surface area contributed by atoms with Gasteiger partial charge in [0, 0.05) is 26.2 Å². The number of furan rings is 2. The second-order valence-corrected chi connectivity index (χ2v) is 7.01. The third-order valence-corrected chi connectivity index (χ3v) is 5.03. The fraction of sp³-hybridized carbons (Fsp3) is 0.273. The summed E-state index contributed by atoms with van der Waals surface area (Å²) in [5.74, 6) is 0.427. The maximum absolute atomic E-state index is 13.0. The number of piperazine rings is 1. The van der Waals surface area contributed by atoms with Crippen molar-refractivity contribution in [1.29, 1.82) is 0 Å². The van der Waals surface area contributed by atoms with Crippen molar-refractivity contribution in [3.63, 3.8) is 0 Å². The highest BCUT2D eigenvalue weighted by Crippen LogP contribution is 2.17. The Morgan fingerprint density at radius 1 is 0.966 bits per heavy atom. The predicted molar refractivity (Wildman–Crippen MR) is 106 cm³/mol. The van der Waals surface area contributed by atoms with Crippen LogP contribution in [-0.2, 0) is 17.9 Å². The number of nitrogens with one attached hydrogen (secondary N) is 1. The summed E-state index contributed by atoms with van der Waals surface area (Å²) in [4.78, 5) is 29.6. The van der Waals surface area contributed by atoms with E-state index >= 15 is 0 Å². The molecule has 1 atom stereocenters. The topological polar surface area (TPSA) is 78.9 Å². The maximum atomic E-state index is 13.0. The SMILES string of the molecule is O=C(NCc1ccco1)C1CN(Cc2ccccc2)CCN1C(=O)c1ccco1. The standard InChI is InChI=1S/C22H23N3O4/c26-21(23-14-18-8-4-12-28-18)19-16-24(15-17-6-2-1-3-7-17)10-11-25(19)22(27)20-9-5-13-29-20/h1-9,12-13,19H,10-11,14-16H2,(H,23,26). The highest BCUT2D eigenvalue weighted by molar-refractivity contribution is 5.95. The molecule has 1 fully saturated rings. The average molecular weight is 393 g/mol. The van der Waals surface area contributed by atoms with Crippen molar-refractivity contribution in [1.82, 2.24) is 15.1 Å². The van der Waals surface area contributed by atoms with Gasteiger partial charge < -0.3 is 19.1 Å². The van der Waals surface area contributed by atoms with Gasteiger partial charge in [0.05, 0.1) is 19.1 Å². The van der Waals surface area contributed by atoms with Gasteiger partial charge in [-0.05, 0) is 29.8 Å². The van der Waals surface area contributed by atoms with Gasteiger partial charge in [0.25, 0.3) is 5.91 Å². The van der Waals surface area contributed by atoms with E-state index in [0.29, 0.717) is 25.4 Å². The first-order valence-corrected chi connectivity index (χ1v) is 9.61. The van der Waals surface area contributed by atoms with Crippen LogP contribution in [0.2, 0.25) is 0 Å². The summed E-state index contributed by atoms with van der Waals surface area (Å²) in [6.45, 7) is 2.59. The summed E-state index contributed by atoms with van der Waals surface area (Å²) in [6.07, 6.45) is 3.03. The molecule has 0 bridgehead atoms. The van der Waals surface area contributed by atoms with Crippen molar-refractivity contribution in [2.75, 3.05) is 19.6 Å². The number of hydrogen-bond acceptors (Lipinski definition) is 5. The lowest BCUT2D eigenvalue weighted by molar-refractivity contribution is -0.128. The van der Waals surface area contributed by atoms with Crippen molar-refractivity contribution in [3.05, 3.63) is 84.2 Å². The fourth-order valence-electron chi connectivity index (χ4n) is 3.54. The second-order valence-electron chi connectivity index (χ2n) is 7.01. The van der Waals surface area contributed by atoms with E-state index < -0.39 is 6.04 Å². The Hall–Kier alpha value is -3.32. The normalized spacial score (nSPS) is 17.2. The minimum Gasteiger partial charge on any atom is -0.467 e. The molecule has 1 saturated heterocycles. The van der Waals surface area contributed by atoms with Gasteiger partial charge in [-0.3, -0.25) is 14.5 Å². The van der Waals surface area contributed by atoms with Crippen LogP contribution in [0.3, 0.4) is 0 Å². The first kappa shape index (κ1) is 19.0. The molecule has 1 aliphatic rings. The molecule has 7 nitrogen and oxygen atoms in total. The highest BCUT2D eigenvalue weighted by Gasteiger charge is 2.36. The molecule has 1 aromatic carbocycles. The summed E-state index contributed by atoms with van der Waals surface area (Å²) in [5.41, 5.74) is 1.17. The molecule has 0 spiro atoms. The molecule has 1 N–H and O–H groups in total. The smallest absolute Gasteiger partial charge is 0.290 e. The van der Waals surface area contributed by atoms with Crippen molar-refractivity contribution < 1.29 is 18.4 Å². The van der Waals surface area contributed by atoms with E-state index in [4.69, 9.17) is 8.83 Å². The molecule has 4 rings (SSSR count). The number of benzene rings is 1. The molecular formula is C22H23N3O4. The lowest BCUT2D eigenvalue weighted by Gasteiger charge is -2.40. The maximum Gasteiger partial charge on any atom is 0.290 e. The molecule has 3 heterocycles. The monoisotopic (exact) mass is 393 g/mol. The van der Waals surface area contributed by atoms with Gasteiger partial charge in [0.2, 0.25) is 5.91 Å². The number of nitrogens with zero attached hydrogens (tertiary/aromatic N) is 2. The van der Waals surface area contributed by atoms with Crippen LogP contribution in [-0.4, -0.2) is 47.3 Å². The summed E-state index contributed by atoms with van der Waals surface area (Å²) in [5, 5.41) is 2.89. The van der Waals surface area contributed by atoms with Crippen LogP contribution in [0.5, 0.6) is 0 Å². The Morgan fingerprint density at radius 3 is 2.48 bits per heavy atom. The van der Waals surface area contributed by atoms with E-state index in [1.165, 1.54) is 11.8 Å². The van der Waals surface area contributed by atoms with E-state index in [0.717, 1.165) is 6.54 Å². The molecular weight excluding hydrogens is 370 g/mol. The molecule has 29 heavy (non-hydrogen) atoms. The fourth-order valence-corrected chi connectivity index (χ4v) is 3.54. The predicted octanol–water partition coefficient (Wildman–Crippen LogP) is 2.52. The third kappa shape index (κ3) is 4.57. The number of carbonyl (C=O) groups is 2. The van der Waals surface area contributed by atoms with E-state index in [1.807, 2.05) is 18.2 Å². The van der Waals surface area contributed by atoms with Crippen LogP contribution in [0.1, 0.15) is 21.9 Å². The molecule has 0 saturated carbocycles. The van der Waals surface area contributed by atoms with Crippen LogP contribution in [0.25, 0.3) is 0 Å². The van der Waals surface area contributed by atoms with Gasteiger partial charge in [-0.1, -0.05) is 30.3 Å². The van der Waals surface area contributed by atoms with Crippen molar-refractivity contribution in [3.8, 4) is 0 Å². The Labute approximate surface area is 168 Å². The van der Waals surface area contributed by atoms with Crippen LogP contribution < -0.4 is 5.32 Å². The summed E-state index contributed by atoms with van der Waals surface area (Å²) >= 11 is 0. The summed E-state index contributed by atoms with van der Waals surface area (Å²) in [7, 11) is 0. The van der Waals surface area contributed by atoms with Crippen LogP contribution in [0, 0.1) is 0 Å². The lowest BCUT2D eigenvalue weighted by Crippen LogP contribution is -2.60. The summed E-state index contributed by atoms with van der Waals surface area (Å²) in [6, 6.07) is 16.4. The first-order chi connectivity index (χ1) is 14.2. The number of amides is 2. The van der Waals surface area contributed by atoms with Crippen molar-refractivity contribution >= 4 is 11.8 Å². The Kier molecular flexibility index (Phi) is 5.76. The van der Waals surface area contributed by atoms with Crippen LogP contribution >= 0.6 is 0 Å². The van der Waals surface area contributed by atoms with Crippen LogP contribution in [0.4, 0.5) is 0 Å². The first-order valence-electron chi connectivity index (χ1n) is 9.61. The van der Waals surface area contributed by atoms with Crippen molar-refractivity contribution in [2.45, 2.75) is 19.1 Å². The zero-order chi connectivity index (χ0) is 20.1. The van der Waals surface area contributed by atoms with Crippen LogP contribution in [0.15, 0.2) is 76.0 Å². The van der Waals surface area contributed by atoms with Gasteiger partial charge in [0.15, 0.2) is 5.76 Å². The minimum atomic E-state index is -0.611. The average Bonchev–Trinajstić information content (AvgIpc) is 3.46. The lowest BCUT2D eigenvalue weighted by atomic mass is 10.1. The second kappa shape index (κ2) is 8.79. The Bertz CT molecular complexity index is 922. The number of rotatable bonds is 6. The highest BCUT2D eigenvalue weighted by atomic mass is 16.3. The number of hydrogen-bond donors (Lipinski definition) is 1. The number of carbonyl (C=O) groups excluding carboxylic acids is 2. The summed E-state index contributed by atoms with van der Waals surface area (Å²) < 4.78 is 10.6. The molecule has 2 amide bonds. The zero-order valence-corrected chi connectivity index (χ0v) is 16.0. The van der Waals surface area contributed by atoms with Gasteiger partial charge in [-0.25, -0.2) is 0 Å². The van der Waals surface area contributed by atoms with Gasteiger partial charge in [-0.15, -0.1) is 0 Å². The quantitative estimate of drug-likeness (QED) is 0.696. The van der Waals surface area contributed by atoms with E-state index in [9.17, 15) is 9.59 Å².